The molecule has 96 valence electrons. The van der Waals surface area contributed by atoms with Crippen LogP contribution in [0, 0.1) is 0 Å². The average Bonchev–Trinajstić information content (AvgIpc) is 3.07. The van der Waals surface area contributed by atoms with Gasteiger partial charge in [-0.05, 0) is 18.4 Å². The van der Waals surface area contributed by atoms with E-state index in [2.05, 4.69) is 13.2 Å². The molecule has 4 heteroatoms. The Labute approximate surface area is 111 Å². The van der Waals surface area contributed by atoms with Crippen LogP contribution >= 0.6 is 11.6 Å². The number of aliphatic hydroxyl groups is 3. The van der Waals surface area contributed by atoms with E-state index in [1.165, 1.54) is 12.1 Å². The molecule has 0 heterocycles. The molecule has 1 aliphatic rings. The predicted molar refractivity (Wildman–Crippen MR) is 69.8 cm³/mol. The van der Waals surface area contributed by atoms with Gasteiger partial charge in [-0.15, -0.1) is 0 Å². The molecule has 3 nitrogen and oxygen atoms in total. The molecule has 1 aromatic rings. The maximum absolute atomic E-state index is 9.98. The molecule has 0 aliphatic heterocycles. The van der Waals surface area contributed by atoms with E-state index < -0.39 is 11.4 Å². The van der Waals surface area contributed by atoms with E-state index in [9.17, 15) is 15.3 Å². The molecule has 2 rings (SSSR count). The van der Waals surface area contributed by atoms with Gasteiger partial charge < -0.3 is 15.3 Å². The quantitative estimate of drug-likeness (QED) is 0.578. The second-order valence-corrected chi connectivity index (χ2v) is 5.12. The van der Waals surface area contributed by atoms with Gasteiger partial charge in [-0.1, -0.05) is 49.0 Å². The van der Waals surface area contributed by atoms with Crippen molar-refractivity contribution in [2.24, 2.45) is 0 Å². The molecular weight excluding hydrogens is 252 g/mol. The maximum atomic E-state index is 9.98. The van der Waals surface area contributed by atoms with Gasteiger partial charge in [0.15, 0.2) is 0 Å². The predicted octanol–water partition coefficient (Wildman–Crippen LogP) is 2.11. The Hall–Kier alpha value is -1.13. The highest BCUT2D eigenvalue weighted by Gasteiger charge is 2.42. The van der Waals surface area contributed by atoms with Gasteiger partial charge >= 0.3 is 0 Å². The minimum atomic E-state index is -2.25. The number of halogens is 1. The molecule has 0 unspecified atom stereocenters. The first-order chi connectivity index (χ1) is 8.27. The van der Waals surface area contributed by atoms with Gasteiger partial charge in [0.05, 0.1) is 5.60 Å². The summed E-state index contributed by atoms with van der Waals surface area (Å²) < 4.78 is 0. The Morgan fingerprint density at radius 3 is 2.06 bits per heavy atom. The van der Waals surface area contributed by atoms with Gasteiger partial charge in [0.2, 0.25) is 5.79 Å². The first kappa shape index (κ1) is 13.3. The van der Waals surface area contributed by atoms with E-state index in [1.54, 1.807) is 12.1 Å². The van der Waals surface area contributed by atoms with Crippen molar-refractivity contribution < 1.29 is 15.3 Å². The molecule has 0 spiro atoms. The summed E-state index contributed by atoms with van der Waals surface area (Å²) in [6, 6.07) is 6.43. The van der Waals surface area contributed by atoms with Crippen LogP contribution in [0.3, 0.4) is 0 Å². The largest absolute Gasteiger partial charge is 0.385 e. The Bertz CT molecular complexity index is 498. The molecule has 3 N–H and O–H groups in total. The number of hydrogen-bond donors (Lipinski definition) is 3. The third-order valence-corrected chi connectivity index (χ3v) is 3.52. The van der Waals surface area contributed by atoms with Gasteiger partial charge in [0.25, 0.3) is 0 Å². The molecule has 0 aromatic heterocycles. The van der Waals surface area contributed by atoms with Crippen molar-refractivity contribution in [2.45, 2.75) is 24.2 Å². The third-order valence-electron chi connectivity index (χ3n) is 3.30. The van der Waals surface area contributed by atoms with Crippen molar-refractivity contribution >= 4 is 11.6 Å². The second kappa shape index (κ2) is 4.21. The van der Waals surface area contributed by atoms with Crippen LogP contribution in [0.4, 0.5) is 0 Å². The van der Waals surface area contributed by atoms with Gasteiger partial charge in [0.1, 0.15) is 0 Å². The summed E-state index contributed by atoms with van der Waals surface area (Å²) >= 11 is 5.62. The number of benzene rings is 1. The van der Waals surface area contributed by atoms with Crippen LogP contribution in [0.1, 0.15) is 24.0 Å². The smallest absolute Gasteiger partial charge is 0.218 e. The van der Waals surface area contributed by atoms with Crippen LogP contribution in [0.2, 0.25) is 0 Å². The van der Waals surface area contributed by atoms with E-state index in [0.717, 1.165) is 18.4 Å². The lowest BCUT2D eigenvalue weighted by Crippen LogP contribution is -2.27. The van der Waals surface area contributed by atoms with Crippen LogP contribution in [0.15, 0.2) is 48.0 Å². The maximum Gasteiger partial charge on any atom is 0.218 e. The Morgan fingerprint density at radius 1 is 1.17 bits per heavy atom. The molecule has 0 atom stereocenters. The lowest BCUT2D eigenvalue weighted by molar-refractivity contribution is -0.132. The lowest BCUT2D eigenvalue weighted by atomic mass is 9.96. The lowest BCUT2D eigenvalue weighted by Gasteiger charge is -2.24. The average molecular weight is 267 g/mol. The van der Waals surface area contributed by atoms with E-state index in [1.807, 2.05) is 0 Å². The van der Waals surface area contributed by atoms with Gasteiger partial charge in [-0.25, -0.2) is 0 Å². The van der Waals surface area contributed by atoms with Crippen molar-refractivity contribution in [3.05, 3.63) is 59.2 Å². The minimum absolute atomic E-state index is 0.00935. The summed E-state index contributed by atoms with van der Waals surface area (Å²) in [6.07, 6.45) is 1.47. The van der Waals surface area contributed by atoms with Crippen molar-refractivity contribution in [3.8, 4) is 0 Å². The molecule has 1 fully saturated rings. The highest BCUT2D eigenvalue weighted by atomic mass is 35.5. The van der Waals surface area contributed by atoms with Crippen molar-refractivity contribution in [2.75, 3.05) is 0 Å². The fourth-order valence-electron chi connectivity index (χ4n) is 1.78. The standard InChI is InChI=1S/C14H15ClO3/c1-9(10(2)15)14(17,18)12-5-3-11(4-6-12)13(16)7-8-13/h3-6,16-18H,1-2,7-8H2. The zero-order valence-corrected chi connectivity index (χ0v) is 10.6. The summed E-state index contributed by atoms with van der Waals surface area (Å²) in [7, 11) is 0. The number of hydrogen-bond acceptors (Lipinski definition) is 3. The molecule has 0 bridgehead atoms. The summed E-state index contributed by atoms with van der Waals surface area (Å²) in [5, 5.41) is 29.9. The zero-order chi connectivity index (χ0) is 13.6. The summed E-state index contributed by atoms with van der Waals surface area (Å²) in [4.78, 5) is 0. The van der Waals surface area contributed by atoms with E-state index in [-0.39, 0.29) is 16.2 Å². The normalized spacial score (nSPS) is 17.3. The molecule has 1 aliphatic carbocycles. The fraction of sp³-hybridized carbons (Fsp3) is 0.286. The molecule has 1 aromatic carbocycles. The second-order valence-electron chi connectivity index (χ2n) is 4.66. The molecule has 0 saturated heterocycles. The Balaban J connectivity index is 2.29. The monoisotopic (exact) mass is 266 g/mol. The first-order valence-electron chi connectivity index (χ1n) is 5.60. The molecular formula is C14H15ClO3. The summed E-state index contributed by atoms with van der Waals surface area (Å²) in [6.45, 7) is 6.92. The van der Waals surface area contributed by atoms with Crippen molar-refractivity contribution in [1.82, 2.24) is 0 Å². The Kier molecular flexibility index (Phi) is 3.11. The van der Waals surface area contributed by atoms with E-state index >= 15 is 0 Å². The topological polar surface area (TPSA) is 60.7 Å². The van der Waals surface area contributed by atoms with Crippen LogP contribution in [-0.2, 0) is 11.4 Å². The molecule has 18 heavy (non-hydrogen) atoms. The Morgan fingerprint density at radius 2 is 1.67 bits per heavy atom. The third kappa shape index (κ3) is 2.22. The zero-order valence-electron chi connectivity index (χ0n) is 9.86. The van der Waals surface area contributed by atoms with Crippen LogP contribution in [-0.4, -0.2) is 15.3 Å². The highest BCUT2D eigenvalue weighted by Crippen LogP contribution is 2.45. The SMILES string of the molecule is C=C(Cl)C(=C)C(O)(O)c1ccc(C2(O)CC2)cc1. The van der Waals surface area contributed by atoms with E-state index in [0.29, 0.717) is 0 Å². The van der Waals surface area contributed by atoms with Crippen LogP contribution < -0.4 is 0 Å². The van der Waals surface area contributed by atoms with Crippen molar-refractivity contribution in [1.29, 1.82) is 0 Å². The van der Waals surface area contributed by atoms with Crippen molar-refractivity contribution in [3.63, 3.8) is 0 Å². The van der Waals surface area contributed by atoms with Crippen LogP contribution in [0.25, 0.3) is 0 Å². The molecule has 0 amide bonds. The summed E-state index contributed by atoms with van der Waals surface area (Å²) in [5.41, 5.74) is 0.209. The number of rotatable bonds is 4. The minimum Gasteiger partial charge on any atom is -0.385 e. The van der Waals surface area contributed by atoms with Gasteiger partial charge in [-0.2, -0.15) is 0 Å². The molecule has 1 saturated carbocycles. The summed E-state index contributed by atoms with van der Waals surface area (Å²) in [5.74, 6) is -2.25. The molecule has 0 radical (unpaired) electrons. The van der Waals surface area contributed by atoms with Gasteiger partial charge in [0, 0.05) is 16.2 Å². The highest BCUT2D eigenvalue weighted by molar-refractivity contribution is 6.31. The van der Waals surface area contributed by atoms with E-state index in [4.69, 9.17) is 11.6 Å². The van der Waals surface area contributed by atoms with Crippen LogP contribution in [0.5, 0.6) is 0 Å². The van der Waals surface area contributed by atoms with Gasteiger partial charge in [-0.3, -0.25) is 0 Å². The first-order valence-corrected chi connectivity index (χ1v) is 5.97. The fourth-order valence-corrected chi connectivity index (χ4v) is 1.92.